The van der Waals surface area contributed by atoms with Gasteiger partial charge in [0.1, 0.15) is 6.61 Å². The van der Waals surface area contributed by atoms with Crippen molar-refractivity contribution in [2.24, 2.45) is 0 Å². The van der Waals surface area contributed by atoms with E-state index in [2.05, 4.69) is 6.92 Å². The van der Waals surface area contributed by atoms with Gasteiger partial charge < -0.3 is 52.1 Å². The molecule has 12 heteroatoms. The molecule has 40 heavy (non-hydrogen) atoms. The molecule has 0 atom stereocenters. The first-order valence-corrected chi connectivity index (χ1v) is 14.7. The molecule has 0 aliphatic heterocycles. The van der Waals surface area contributed by atoms with E-state index in [1.54, 1.807) is 0 Å². The van der Waals surface area contributed by atoms with Crippen LogP contribution in [0.15, 0.2) is 0 Å². The number of esters is 1. The van der Waals surface area contributed by atoms with Gasteiger partial charge in [-0.1, -0.05) is 20.3 Å². The minimum Gasteiger partial charge on any atom is -0.463 e. The molecule has 0 N–H and O–H groups in total. The van der Waals surface area contributed by atoms with Gasteiger partial charge in [-0.15, -0.1) is 0 Å². The van der Waals surface area contributed by atoms with Crippen molar-refractivity contribution in [2.45, 2.75) is 39.5 Å². The fourth-order valence-corrected chi connectivity index (χ4v) is 2.82. The normalized spacial score (nSPS) is 11.3. The van der Waals surface area contributed by atoms with Crippen molar-refractivity contribution in [3.8, 4) is 0 Å². The molecule has 0 amide bonds. The lowest BCUT2D eigenvalue weighted by Crippen LogP contribution is -2.15. The molecule has 0 spiro atoms. The molecule has 0 aromatic rings. The summed E-state index contributed by atoms with van der Waals surface area (Å²) in [5.74, 6) is -0.186. The maximum Gasteiger partial charge on any atom is 0.305 e. The molecule has 0 saturated carbocycles. The Morgan fingerprint density at radius 3 is 0.850 bits per heavy atom. The van der Waals surface area contributed by atoms with Crippen LogP contribution in [0.2, 0.25) is 0 Å². The van der Waals surface area contributed by atoms with Gasteiger partial charge in [0.2, 0.25) is 0 Å². The van der Waals surface area contributed by atoms with E-state index < -0.39 is 0 Å². The zero-order valence-electron chi connectivity index (χ0n) is 25.1. The Morgan fingerprint density at radius 2 is 0.600 bits per heavy atom. The molecule has 0 radical (unpaired) electrons. The van der Waals surface area contributed by atoms with Crippen LogP contribution in [0.3, 0.4) is 0 Å². The summed E-state index contributed by atoms with van der Waals surface area (Å²) in [6.45, 7) is 14.9. The van der Waals surface area contributed by atoms with Crippen molar-refractivity contribution >= 4 is 5.97 Å². The predicted molar refractivity (Wildman–Crippen MR) is 149 cm³/mol. The number of carbonyl (C=O) groups is 1. The first-order valence-electron chi connectivity index (χ1n) is 14.7. The maximum absolute atomic E-state index is 11.2. The molecule has 0 unspecified atom stereocenters. The zero-order valence-corrected chi connectivity index (χ0v) is 25.1. The number of hydrogen-bond donors (Lipinski definition) is 0. The molecule has 0 aliphatic carbocycles. The predicted octanol–water partition coefficient (Wildman–Crippen LogP) is 2.30. The van der Waals surface area contributed by atoms with E-state index in [1.807, 2.05) is 6.92 Å². The Labute approximate surface area is 241 Å². The molecule has 0 aliphatic rings. The maximum atomic E-state index is 11.2. The fraction of sp³-hybridized carbons (Fsp3) is 0.964. The van der Waals surface area contributed by atoms with Crippen LogP contribution in [0.4, 0.5) is 0 Å². The van der Waals surface area contributed by atoms with E-state index in [-0.39, 0.29) is 12.6 Å². The molecule has 0 fully saturated rings. The molecular formula is C28H56O12. The van der Waals surface area contributed by atoms with Gasteiger partial charge in [0.15, 0.2) is 0 Å². The van der Waals surface area contributed by atoms with Crippen molar-refractivity contribution in [3.05, 3.63) is 0 Å². The summed E-state index contributed by atoms with van der Waals surface area (Å²) in [5.41, 5.74) is 0. The first-order chi connectivity index (χ1) is 19.8. The molecule has 0 heterocycles. The minimum absolute atomic E-state index is 0.186. The second-order valence-electron chi connectivity index (χ2n) is 8.45. The summed E-state index contributed by atoms with van der Waals surface area (Å²) in [4.78, 5) is 11.2. The Kier molecular flexibility index (Phi) is 35.3. The van der Waals surface area contributed by atoms with Crippen molar-refractivity contribution in [3.63, 3.8) is 0 Å². The lowest BCUT2D eigenvalue weighted by Gasteiger charge is -2.09. The largest absolute Gasteiger partial charge is 0.463 e. The third kappa shape index (κ3) is 35.1. The highest BCUT2D eigenvalue weighted by Crippen LogP contribution is 1.91. The van der Waals surface area contributed by atoms with E-state index in [9.17, 15) is 4.79 Å². The molecule has 240 valence electrons. The Balaban J connectivity index is 3.04. The SMILES string of the molecule is CCCCOCCOCCOCCOCCOCCOCCOCCOCCOCCOCCOC(=O)CCC. The number of ether oxygens (including phenoxy) is 11. The van der Waals surface area contributed by atoms with Crippen molar-refractivity contribution in [1.82, 2.24) is 0 Å². The van der Waals surface area contributed by atoms with Crippen molar-refractivity contribution in [2.75, 3.05) is 139 Å². The smallest absolute Gasteiger partial charge is 0.305 e. The van der Waals surface area contributed by atoms with E-state index in [1.165, 1.54) is 0 Å². The zero-order chi connectivity index (χ0) is 29.0. The standard InChI is InChI=1S/C28H56O12/c1-3-5-7-30-8-9-31-10-11-32-12-13-33-14-15-34-16-17-35-18-19-36-20-21-37-22-23-38-24-25-39-26-27-40-28(29)6-4-2/h3-27H2,1-2H3. The van der Waals surface area contributed by atoms with E-state index >= 15 is 0 Å². The number of carbonyl (C=O) groups excluding carboxylic acids is 1. The molecular weight excluding hydrogens is 528 g/mol. The lowest BCUT2D eigenvalue weighted by atomic mass is 10.3. The van der Waals surface area contributed by atoms with Crippen molar-refractivity contribution in [1.29, 1.82) is 0 Å². The van der Waals surface area contributed by atoms with E-state index in [4.69, 9.17) is 52.1 Å². The van der Waals surface area contributed by atoms with Gasteiger partial charge in [-0.25, -0.2) is 0 Å². The lowest BCUT2D eigenvalue weighted by molar-refractivity contribution is -0.145. The van der Waals surface area contributed by atoms with Gasteiger partial charge in [-0.2, -0.15) is 0 Å². The van der Waals surface area contributed by atoms with Gasteiger partial charge in [0.05, 0.1) is 126 Å². The highest BCUT2D eigenvalue weighted by Gasteiger charge is 2.00. The summed E-state index contributed by atoms with van der Waals surface area (Å²) in [6.07, 6.45) is 3.47. The fourth-order valence-electron chi connectivity index (χ4n) is 2.82. The number of rotatable bonds is 35. The highest BCUT2D eigenvalue weighted by molar-refractivity contribution is 5.69. The van der Waals surface area contributed by atoms with Crippen LogP contribution < -0.4 is 0 Å². The minimum atomic E-state index is -0.186. The van der Waals surface area contributed by atoms with Gasteiger partial charge in [0.25, 0.3) is 0 Å². The molecule has 0 rings (SSSR count). The van der Waals surface area contributed by atoms with Crippen LogP contribution in [0, 0.1) is 0 Å². The highest BCUT2D eigenvalue weighted by atomic mass is 16.6. The first kappa shape index (κ1) is 39.1. The Bertz CT molecular complexity index is 484. The summed E-state index contributed by atoms with van der Waals surface area (Å²) in [5, 5.41) is 0. The van der Waals surface area contributed by atoms with E-state index in [0.717, 1.165) is 25.9 Å². The summed E-state index contributed by atoms with van der Waals surface area (Å²) in [7, 11) is 0. The average Bonchev–Trinajstić information content (AvgIpc) is 2.95. The van der Waals surface area contributed by atoms with Crippen LogP contribution >= 0.6 is 0 Å². The van der Waals surface area contributed by atoms with Crippen LogP contribution in [-0.4, -0.2) is 145 Å². The van der Waals surface area contributed by atoms with Crippen LogP contribution in [-0.2, 0) is 56.9 Å². The van der Waals surface area contributed by atoms with Crippen LogP contribution in [0.25, 0.3) is 0 Å². The molecule has 0 saturated heterocycles. The van der Waals surface area contributed by atoms with E-state index in [0.29, 0.717) is 132 Å². The third-order valence-electron chi connectivity index (χ3n) is 4.94. The second-order valence-corrected chi connectivity index (χ2v) is 8.45. The second kappa shape index (κ2) is 36.1. The van der Waals surface area contributed by atoms with Gasteiger partial charge in [-0.05, 0) is 12.8 Å². The monoisotopic (exact) mass is 584 g/mol. The Morgan fingerprint density at radius 1 is 0.350 bits per heavy atom. The summed E-state index contributed by atoms with van der Waals surface area (Å²) >= 11 is 0. The quantitative estimate of drug-likeness (QED) is 0.0803. The average molecular weight is 585 g/mol. The van der Waals surface area contributed by atoms with Crippen LogP contribution in [0.1, 0.15) is 39.5 Å². The topological polar surface area (TPSA) is 119 Å². The molecule has 0 aromatic carbocycles. The van der Waals surface area contributed by atoms with Gasteiger partial charge >= 0.3 is 5.97 Å². The van der Waals surface area contributed by atoms with Crippen molar-refractivity contribution < 1.29 is 56.9 Å². The molecule has 0 bridgehead atoms. The van der Waals surface area contributed by atoms with Crippen LogP contribution in [0.5, 0.6) is 0 Å². The van der Waals surface area contributed by atoms with Gasteiger partial charge in [-0.3, -0.25) is 4.79 Å². The molecule has 12 nitrogen and oxygen atoms in total. The van der Waals surface area contributed by atoms with Gasteiger partial charge in [0, 0.05) is 13.0 Å². The summed E-state index contributed by atoms with van der Waals surface area (Å²) < 4.78 is 59.3. The number of hydrogen-bond acceptors (Lipinski definition) is 12. The third-order valence-corrected chi connectivity index (χ3v) is 4.94. The Hall–Kier alpha value is -0.930. The number of unbranched alkanes of at least 4 members (excludes halogenated alkanes) is 1. The summed E-state index contributed by atoms with van der Waals surface area (Å²) in [6, 6.07) is 0. The molecule has 0 aromatic heterocycles.